The number of hydrogen-bond donors (Lipinski definition) is 3. The summed E-state index contributed by atoms with van der Waals surface area (Å²) in [4.78, 5) is 15.3. The van der Waals surface area contributed by atoms with Gasteiger partial charge in [-0.1, -0.05) is 30.3 Å². The highest BCUT2D eigenvalue weighted by Crippen LogP contribution is 2.24. The van der Waals surface area contributed by atoms with Crippen molar-refractivity contribution >= 4 is 28.4 Å². The molecule has 0 aliphatic heterocycles. The highest BCUT2D eigenvalue weighted by molar-refractivity contribution is 5.90. The average Bonchev–Trinajstić information content (AvgIpc) is 3.01. The lowest BCUT2D eigenvalue weighted by Gasteiger charge is -2.20. The first-order valence-corrected chi connectivity index (χ1v) is 8.30. The topological polar surface area (TPSA) is 66.2 Å². The molecule has 3 aromatic rings. The predicted molar refractivity (Wildman–Crippen MR) is 102 cm³/mol. The highest BCUT2D eigenvalue weighted by Gasteiger charge is 2.17. The van der Waals surface area contributed by atoms with Gasteiger partial charge in [-0.2, -0.15) is 0 Å². The number of carbonyl (C=O) groups is 1. The zero-order chi connectivity index (χ0) is 17.9. The first kappa shape index (κ1) is 16.9. The van der Waals surface area contributed by atoms with E-state index in [4.69, 9.17) is 4.74 Å². The maximum absolute atomic E-state index is 12.0. The van der Waals surface area contributed by atoms with E-state index >= 15 is 0 Å². The maximum atomic E-state index is 12.0. The van der Waals surface area contributed by atoms with E-state index in [1.54, 1.807) is 0 Å². The number of hydrogen-bond acceptors (Lipinski definition) is 3. The summed E-state index contributed by atoms with van der Waals surface area (Å²) in [7, 11) is 0. The Hall–Kier alpha value is -2.95. The Morgan fingerprint density at radius 2 is 1.80 bits per heavy atom. The van der Waals surface area contributed by atoms with E-state index in [2.05, 4.69) is 33.8 Å². The van der Waals surface area contributed by atoms with Crippen molar-refractivity contribution in [1.29, 1.82) is 0 Å². The van der Waals surface area contributed by atoms with Crippen LogP contribution >= 0.6 is 0 Å². The van der Waals surface area contributed by atoms with Gasteiger partial charge in [0.25, 0.3) is 0 Å². The normalized spacial score (nSPS) is 11.3. The van der Waals surface area contributed by atoms with Crippen molar-refractivity contribution in [3.8, 4) is 0 Å². The van der Waals surface area contributed by atoms with Crippen LogP contribution in [-0.4, -0.2) is 16.7 Å². The number of nitrogens with one attached hydrogen (secondary N) is 3. The predicted octanol–water partition coefficient (Wildman–Crippen LogP) is 5.13. The van der Waals surface area contributed by atoms with E-state index in [-0.39, 0.29) is 0 Å². The fourth-order valence-electron chi connectivity index (χ4n) is 2.65. The molecule has 3 rings (SSSR count). The number of fused-ring (bicyclic) bond motifs is 1. The third kappa shape index (κ3) is 4.32. The molecular formula is C20H23N3O2. The number of anilines is 2. The summed E-state index contributed by atoms with van der Waals surface area (Å²) in [6.07, 6.45) is 1.47. The van der Waals surface area contributed by atoms with Crippen molar-refractivity contribution in [2.24, 2.45) is 0 Å². The third-order valence-electron chi connectivity index (χ3n) is 3.71. The lowest BCUT2D eigenvalue weighted by Crippen LogP contribution is -2.27. The van der Waals surface area contributed by atoms with E-state index < -0.39 is 11.7 Å². The minimum Gasteiger partial charge on any atom is -0.444 e. The van der Waals surface area contributed by atoms with Crippen molar-refractivity contribution in [2.45, 2.75) is 32.9 Å². The lowest BCUT2D eigenvalue weighted by molar-refractivity contribution is 0.0636. The molecule has 0 radical (unpaired) electrons. The molecule has 0 atom stereocenters. The molecule has 3 N–H and O–H groups in total. The monoisotopic (exact) mass is 337 g/mol. The van der Waals surface area contributed by atoms with Gasteiger partial charge < -0.3 is 15.0 Å². The first-order valence-electron chi connectivity index (χ1n) is 8.30. The fraction of sp³-hybridized carbons (Fsp3) is 0.250. The van der Waals surface area contributed by atoms with Crippen LogP contribution in [0.25, 0.3) is 10.9 Å². The van der Waals surface area contributed by atoms with Crippen LogP contribution in [0.1, 0.15) is 26.3 Å². The molecule has 5 heteroatoms. The van der Waals surface area contributed by atoms with Gasteiger partial charge >= 0.3 is 6.09 Å². The number of carbonyl (C=O) groups excluding carboxylic acids is 1. The SMILES string of the molecule is CC(C)(C)OC(=O)Nc1ccccc1NCc1cccc2cc[nH]c12. The van der Waals surface area contributed by atoms with Crippen LogP contribution in [0.15, 0.2) is 54.7 Å². The minimum atomic E-state index is -0.532. The van der Waals surface area contributed by atoms with Crippen LogP contribution in [0, 0.1) is 0 Å². The van der Waals surface area contributed by atoms with Crippen LogP contribution in [0.5, 0.6) is 0 Å². The number of aromatic nitrogens is 1. The summed E-state index contributed by atoms with van der Waals surface area (Å²) in [5.74, 6) is 0. The van der Waals surface area contributed by atoms with Crippen molar-refractivity contribution in [3.63, 3.8) is 0 Å². The van der Waals surface area contributed by atoms with Crippen LogP contribution < -0.4 is 10.6 Å². The van der Waals surface area contributed by atoms with Gasteiger partial charge in [-0.25, -0.2) is 4.79 Å². The Balaban J connectivity index is 1.73. The van der Waals surface area contributed by atoms with Gasteiger partial charge in [0.05, 0.1) is 16.9 Å². The lowest BCUT2D eigenvalue weighted by atomic mass is 10.1. The molecule has 25 heavy (non-hydrogen) atoms. The van der Waals surface area contributed by atoms with Gasteiger partial charge in [-0.3, -0.25) is 5.32 Å². The summed E-state index contributed by atoms with van der Waals surface area (Å²) < 4.78 is 5.32. The molecule has 1 aromatic heterocycles. The van der Waals surface area contributed by atoms with E-state index in [9.17, 15) is 4.79 Å². The standard InChI is InChI=1S/C20H23N3O2/c1-20(2,3)25-19(24)23-17-10-5-4-9-16(17)22-13-15-8-6-7-14-11-12-21-18(14)15/h4-12,21-22H,13H2,1-3H3,(H,23,24). The zero-order valence-corrected chi connectivity index (χ0v) is 14.7. The van der Waals surface area contributed by atoms with E-state index in [0.717, 1.165) is 16.8 Å². The third-order valence-corrected chi connectivity index (χ3v) is 3.71. The van der Waals surface area contributed by atoms with Crippen LogP contribution in [0.3, 0.4) is 0 Å². The van der Waals surface area contributed by atoms with Gasteiger partial charge in [0.2, 0.25) is 0 Å². The highest BCUT2D eigenvalue weighted by atomic mass is 16.6. The Labute approximate surface area is 147 Å². The number of rotatable bonds is 4. The number of H-pyrrole nitrogens is 1. The summed E-state index contributed by atoms with van der Waals surface area (Å²) >= 11 is 0. The molecule has 1 heterocycles. The Morgan fingerprint density at radius 3 is 2.56 bits per heavy atom. The van der Waals surface area contributed by atoms with Gasteiger partial charge in [0.15, 0.2) is 0 Å². The largest absolute Gasteiger partial charge is 0.444 e. The summed E-state index contributed by atoms with van der Waals surface area (Å²) in [5, 5.41) is 7.37. The number of para-hydroxylation sites is 3. The first-order chi connectivity index (χ1) is 11.9. The molecule has 0 saturated heterocycles. The minimum absolute atomic E-state index is 0.465. The van der Waals surface area contributed by atoms with Crippen molar-refractivity contribution in [3.05, 3.63) is 60.3 Å². The molecule has 1 amide bonds. The molecule has 0 aliphatic rings. The van der Waals surface area contributed by atoms with Crippen LogP contribution in [0.4, 0.5) is 16.2 Å². The molecule has 0 spiro atoms. The zero-order valence-electron chi connectivity index (χ0n) is 14.7. The molecule has 0 saturated carbocycles. The van der Waals surface area contributed by atoms with E-state index in [1.165, 1.54) is 5.39 Å². The van der Waals surface area contributed by atoms with Crippen LogP contribution in [-0.2, 0) is 11.3 Å². The molecule has 0 bridgehead atoms. The van der Waals surface area contributed by atoms with Crippen molar-refractivity contribution < 1.29 is 9.53 Å². The van der Waals surface area contributed by atoms with Gasteiger partial charge in [0.1, 0.15) is 5.60 Å². The molecule has 2 aromatic carbocycles. The quantitative estimate of drug-likeness (QED) is 0.618. The number of ether oxygens (including phenoxy) is 1. The summed E-state index contributed by atoms with van der Waals surface area (Å²) in [5.41, 5.74) is 3.28. The molecule has 0 aliphatic carbocycles. The van der Waals surface area contributed by atoms with Gasteiger partial charge in [-0.05, 0) is 49.9 Å². The molecule has 5 nitrogen and oxygen atoms in total. The molecular weight excluding hydrogens is 314 g/mol. The average molecular weight is 337 g/mol. The maximum Gasteiger partial charge on any atom is 0.412 e. The van der Waals surface area contributed by atoms with Crippen molar-refractivity contribution in [1.82, 2.24) is 4.98 Å². The molecule has 0 fully saturated rings. The van der Waals surface area contributed by atoms with Gasteiger partial charge in [-0.15, -0.1) is 0 Å². The summed E-state index contributed by atoms with van der Waals surface area (Å²) in [6, 6.07) is 15.8. The number of aromatic amines is 1. The van der Waals surface area contributed by atoms with E-state index in [0.29, 0.717) is 12.2 Å². The van der Waals surface area contributed by atoms with E-state index in [1.807, 2.05) is 57.3 Å². The Kier molecular flexibility index (Phi) is 4.65. The smallest absolute Gasteiger partial charge is 0.412 e. The molecule has 0 unspecified atom stereocenters. The second-order valence-corrected chi connectivity index (χ2v) is 6.89. The number of amides is 1. The molecule has 130 valence electrons. The number of benzene rings is 2. The van der Waals surface area contributed by atoms with Crippen LogP contribution in [0.2, 0.25) is 0 Å². The van der Waals surface area contributed by atoms with Gasteiger partial charge in [0, 0.05) is 12.7 Å². The second-order valence-electron chi connectivity index (χ2n) is 6.89. The van der Waals surface area contributed by atoms with Crippen molar-refractivity contribution in [2.75, 3.05) is 10.6 Å². The Morgan fingerprint density at radius 1 is 1.04 bits per heavy atom. The summed E-state index contributed by atoms with van der Waals surface area (Å²) in [6.45, 7) is 6.17. The second kappa shape index (κ2) is 6.89. The Bertz CT molecular complexity index is 878. The fourth-order valence-corrected chi connectivity index (χ4v) is 2.65.